The molecule has 0 saturated carbocycles. The molecule has 0 aromatic heterocycles. The first-order valence-corrected chi connectivity index (χ1v) is 10.9. The number of anilines is 1. The first-order chi connectivity index (χ1) is 13.5. The Hall–Kier alpha value is -1.59. The van der Waals surface area contributed by atoms with Crippen molar-refractivity contribution >= 4 is 11.6 Å². The molecular formula is C23H38N2O3. The number of amides is 1. The van der Waals surface area contributed by atoms with Gasteiger partial charge in [-0.15, -0.1) is 0 Å². The molecule has 1 aliphatic rings. The monoisotopic (exact) mass is 390 g/mol. The molecular weight excluding hydrogens is 352 g/mol. The van der Waals surface area contributed by atoms with Gasteiger partial charge in [0.25, 0.3) is 5.91 Å². The fourth-order valence-corrected chi connectivity index (χ4v) is 3.50. The van der Waals surface area contributed by atoms with Gasteiger partial charge in [0.15, 0.2) is 0 Å². The Bertz CT molecular complexity index is 590. The first kappa shape index (κ1) is 22.7. The minimum absolute atomic E-state index is 0.104. The minimum Gasteiger partial charge on any atom is -0.494 e. The highest BCUT2D eigenvalue weighted by atomic mass is 16.5. The Labute approximate surface area is 170 Å². The summed E-state index contributed by atoms with van der Waals surface area (Å²) in [7, 11) is 0. The number of nitrogens with zero attached hydrogens (tertiary/aromatic N) is 1. The minimum atomic E-state index is -0.795. The van der Waals surface area contributed by atoms with Gasteiger partial charge in [-0.3, -0.25) is 4.79 Å². The number of carbonyl (C=O) groups is 1. The maximum Gasteiger partial charge on any atom is 0.256 e. The zero-order valence-corrected chi connectivity index (χ0v) is 18.1. The maximum atomic E-state index is 12.6. The molecule has 1 N–H and O–H groups in total. The summed E-state index contributed by atoms with van der Waals surface area (Å²) in [4.78, 5) is 15.1. The van der Waals surface area contributed by atoms with Gasteiger partial charge in [0.1, 0.15) is 11.4 Å². The van der Waals surface area contributed by atoms with Crippen molar-refractivity contribution in [3.8, 4) is 5.75 Å². The Kier molecular flexibility index (Phi) is 9.26. The molecule has 1 fully saturated rings. The number of hydrogen-bond acceptors (Lipinski definition) is 4. The van der Waals surface area contributed by atoms with Crippen molar-refractivity contribution < 1.29 is 14.3 Å². The molecule has 5 nitrogen and oxygen atoms in total. The standard InChI is InChI=1S/C23H38N2O3/c1-5-17-28-23(4,6-2)22(26)24-20-11-13-21(14-12-20)27-18-9-16-25-15-8-7-10-19(25)3/h11-14,19H,5-10,15-18H2,1-4H3,(H,24,26)/t19-,23+/m1/s1. The van der Waals surface area contributed by atoms with E-state index < -0.39 is 5.60 Å². The molecule has 1 heterocycles. The molecule has 2 rings (SSSR count). The normalized spacial score (nSPS) is 19.8. The van der Waals surface area contributed by atoms with Gasteiger partial charge in [-0.2, -0.15) is 0 Å². The summed E-state index contributed by atoms with van der Waals surface area (Å²) in [5, 5.41) is 2.96. The molecule has 0 unspecified atom stereocenters. The second kappa shape index (κ2) is 11.4. The van der Waals surface area contributed by atoms with Crippen molar-refractivity contribution in [3.05, 3.63) is 24.3 Å². The van der Waals surface area contributed by atoms with E-state index in [1.807, 2.05) is 45.0 Å². The molecule has 1 amide bonds. The van der Waals surface area contributed by atoms with Crippen LogP contribution in [0.3, 0.4) is 0 Å². The van der Waals surface area contributed by atoms with E-state index in [2.05, 4.69) is 17.1 Å². The van der Waals surface area contributed by atoms with Crippen LogP contribution in [0, 0.1) is 0 Å². The quantitative estimate of drug-likeness (QED) is 0.548. The lowest BCUT2D eigenvalue weighted by molar-refractivity contribution is -0.139. The lowest BCUT2D eigenvalue weighted by atomic mass is 10.0. The summed E-state index contributed by atoms with van der Waals surface area (Å²) in [6.45, 7) is 11.8. The Balaban J connectivity index is 1.75. The fourth-order valence-electron chi connectivity index (χ4n) is 3.50. The molecule has 28 heavy (non-hydrogen) atoms. The maximum absolute atomic E-state index is 12.6. The summed E-state index contributed by atoms with van der Waals surface area (Å²) in [5.74, 6) is 0.734. The van der Waals surface area contributed by atoms with Crippen molar-refractivity contribution in [1.29, 1.82) is 0 Å². The average molecular weight is 391 g/mol. The van der Waals surface area contributed by atoms with Crippen molar-refractivity contribution in [2.75, 3.05) is 31.6 Å². The summed E-state index contributed by atoms with van der Waals surface area (Å²) < 4.78 is 11.6. The van der Waals surface area contributed by atoms with Crippen LogP contribution >= 0.6 is 0 Å². The van der Waals surface area contributed by atoms with E-state index in [0.717, 1.165) is 30.8 Å². The molecule has 1 aromatic rings. The zero-order valence-electron chi connectivity index (χ0n) is 18.1. The van der Waals surface area contributed by atoms with Gasteiger partial charge in [-0.05, 0) is 76.8 Å². The van der Waals surface area contributed by atoms with E-state index in [9.17, 15) is 4.79 Å². The summed E-state index contributed by atoms with van der Waals surface area (Å²) in [5.41, 5.74) is -0.0317. The molecule has 0 radical (unpaired) electrons. The number of nitrogens with one attached hydrogen (secondary N) is 1. The Morgan fingerprint density at radius 1 is 1.21 bits per heavy atom. The molecule has 5 heteroatoms. The SMILES string of the molecule is CCCO[C@@](C)(CC)C(=O)Nc1ccc(OCCCN2CCCC[C@H]2C)cc1. The predicted molar refractivity (Wildman–Crippen MR) is 115 cm³/mol. The van der Waals surface area contributed by atoms with Crippen LogP contribution in [0.5, 0.6) is 5.75 Å². The highest BCUT2D eigenvalue weighted by molar-refractivity contribution is 5.97. The molecule has 2 atom stereocenters. The number of benzene rings is 1. The van der Waals surface area contributed by atoms with Gasteiger partial charge in [0, 0.05) is 24.9 Å². The first-order valence-electron chi connectivity index (χ1n) is 10.9. The summed E-state index contributed by atoms with van der Waals surface area (Å²) >= 11 is 0. The number of rotatable bonds is 11. The van der Waals surface area contributed by atoms with Crippen LogP contribution in [0.2, 0.25) is 0 Å². The average Bonchev–Trinajstić information content (AvgIpc) is 2.71. The van der Waals surface area contributed by atoms with Crippen LogP contribution in [0.1, 0.15) is 66.2 Å². The topological polar surface area (TPSA) is 50.8 Å². The number of likely N-dealkylation sites (tertiary alicyclic amines) is 1. The van der Waals surface area contributed by atoms with Gasteiger partial charge in [0.05, 0.1) is 6.61 Å². The predicted octanol–water partition coefficient (Wildman–Crippen LogP) is 4.86. The molecule has 0 bridgehead atoms. The van der Waals surface area contributed by atoms with Crippen molar-refractivity contribution in [2.24, 2.45) is 0 Å². The van der Waals surface area contributed by atoms with Gasteiger partial charge in [-0.25, -0.2) is 0 Å². The van der Waals surface area contributed by atoms with Gasteiger partial charge >= 0.3 is 0 Å². The van der Waals surface area contributed by atoms with Gasteiger partial charge in [0.2, 0.25) is 0 Å². The smallest absolute Gasteiger partial charge is 0.256 e. The third-order valence-corrected chi connectivity index (χ3v) is 5.69. The van der Waals surface area contributed by atoms with E-state index in [1.54, 1.807) is 0 Å². The number of hydrogen-bond donors (Lipinski definition) is 1. The van der Waals surface area contributed by atoms with Crippen LogP contribution in [-0.2, 0) is 9.53 Å². The van der Waals surface area contributed by atoms with E-state index >= 15 is 0 Å². The van der Waals surface area contributed by atoms with E-state index in [-0.39, 0.29) is 5.91 Å². The fraction of sp³-hybridized carbons (Fsp3) is 0.696. The highest BCUT2D eigenvalue weighted by Crippen LogP contribution is 2.21. The number of piperidine rings is 1. The van der Waals surface area contributed by atoms with Crippen molar-refractivity contribution in [3.63, 3.8) is 0 Å². The van der Waals surface area contributed by atoms with E-state index in [0.29, 0.717) is 25.7 Å². The van der Waals surface area contributed by atoms with Crippen molar-refractivity contribution in [1.82, 2.24) is 4.90 Å². The summed E-state index contributed by atoms with van der Waals surface area (Å²) in [6.07, 6.45) is 6.56. The van der Waals surface area contributed by atoms with E-state index in [1.165, 1.54) is 25.8 Å². The van der Waals surface area contributed by atoms with E-state index in [4.69, 9.17) is 9.47 Å². The van der Waals surface area contributed by atoms with Crippen LogP contribution in [0.25, 0.3) is 0 Å². The lowest BCUT2D eigenvalue weighted by Gasteiger charge is -2.33. The molecule has 1 aromatic carbocycles. The summed E-state index contributed by atoms with van der Waals surface area (Å²) in [6, 6.07) is 8.29. The molecule has 158 valence electrons. The largest absolute Gasteiger partial charge is 0.494 e. The van der Waals surface area contributed by atoms with Gasteiger partial charge < -0.3 is 19.7 Å². The highest BCUT2D eigenvalue weighted by Gasteiger charge is 2.32. The van der Waals surface area contributed by atoms with Crippen LogP contribution in [0.4, 0.5) is 5.69 Å². The van der Waals surface area contributed by atoms with Crippen LogP contribution in [-0.4, -0.2) is 48.8 Å². The third-order valence-electron chi connectivity index (χ3n) is 5.69. The van der Waals surface area contributed by atoms with Crippen molar-refractivity contribution in [2.45, 2.75) is 77.9 Å². The second-order valence-electron chi connectivity index (χ2n) is 7.99. The Morgan fingerprint density at radius 2 is 1.96 bits per heavy atom. The molecule has 1 saturated heterocycles. The van der Waals surface area contributed by atoms with Crippen LogP contribution in [0.15, 0.2) is 24.3 Å². The zero-order chi connectivity index (χ0) is 20.4. The number of carbonyl (C=O) groups excluding carboxylic acids is 1. The molecule has 1 aliphatic heterocycles. The lowest BCUT2D eigenvalue weighted by Crippen LogP contribution is -2.42. The molecule has 0 aliphatic carbocycles. The molecule has 0 spiro atoms. The second-order valence-corrected chi connectivity index (χ2v) is 7.99. The number of ether oxygens (including phenoxy) is 2. The van der Waals surface area contributed by atoms with Gasteiger partial charge in [-0.1, -0.05) is 20.3 Å². The third kappa shape index (κ3) is 6.78. The Morgan fingerprint density at radius 3 is 2.61 bits per heavy atom. The van der Waals surface area contributed by atoms with Crippen LogP contribution < -0.4 is 10.1 Å².